The van der Waals surface area contributed by atoms with Gasteiger partial charge in [-0.25, -0.2) is 4.79 Å². The Morgan fingerprint density at radius 3 is 2.29 bits per heavy atom. The van der Waals surface area contributed by atoms with Crippen molar-refractivity contribution in [2.45, 2.75) is 83.4 Å². The molecule has 4 aromatic carbocycles. The highest BCUT2D eigenvalue weighted by Gasteiger charge is 2.37. The Balaban J connectivity index is 0.804. The van der Waals surface area contributed by atoms with Gasteiger partial charge in [-0.15, -0.1) is 0 Å². The molecule has 348 valence electrons. The molecule has 3 aliphatic heterocycles. The molecule has 4 heterocycles. The van der Waals surface area contributed by atoms with Crippen LogP contribution in [0.3, 0.4) is 0 Å². The van der Waals surface area contributed by atoms with Crippen LogP contribution >= 0.6 is 11.6 Å². The largest absolute Gasteiger partial charge is 0.493 e. The lowest BCUT2D eigenvalue weighted by atomic mass is 9.86. The summed E-state index contributed by atoms with van der Waals surface area (Å²) in [7, 11) is 5.25. The summed E-state index contributed by atoms with van der Waals surface area (Å²) in [5, 5.41) is 2.98. The zero-order valence-corrected chi connectivity index (χ0v) is 39.3. The van der Waals surface area contributed by atoms with Crippen molar-refractivity contribution in [1.29, 1.82) is 0 Å². The van der Waals surface area contributed by atoms with Gasteiger partial charge >= 0.3 is 5.69 Å². The number of anilines is 2. The minimum atomic E-state index is -0.686. The fraction of sp³-hybridized carbons (Fsp3) is 0.431. The average molecular weight is 919 g/mol. The number of carbonyl (C=O) groups excluding carboxylic acids is 4. The number of piperazine rings is 1. The smallest absolute Gasteiger partial charge is 0.329 e. The summed E-state index contributed by atoms with van der Waals surface area (Å²) in [5.74, 6) is 0.536. The SMILES string of the molecule is COc1cc2c(cc1OC(C)C)[C@H](c1ccc(Cl)cc1)N(c1ccc(N(C)CC(=O)N3CCN(CCCCCCc4ccc5c(c4)n(C)c(=O)n5C4CCC(=O)NC4=O)CC3)cc1)C(=O)C2. The van der Waals surface area contributed by atoms with Crippen molar-refractivity contribution in [3.63, 3.8) is 0 Å². The molecule has 0 saturated carbocycles. The van der Waals surface area contributed by atoms with Crippen molar-refractivity contribution < 1.29 is 28.7 Å². The number of rotatable bonds is 16. The van der Waals surface area contributed by atoms with Crippen LogP contribution in [0, 0.1) is 0 Å². The van der Waals surface area contributed by atoms with E-state index in [1.807, 2.05) is 114 Å². The fourth-order valence-electron chi connectivity index (χ4n) is 9.62. The Morgan fingerprint density at radius 2 is 1.59 bits per heavy atom. The van der Waals surface area contributed by atoms with Crippen LogP contribution in [0.4, 0.5) is 11.4 Å². The fourth-order valence-corrected chi connectivity index (χ4v) is 9.75. The molecule has 0 spiro atoms. The van der Waals surface area contributed by atoms with Gasteiger partial charge in [0.1, 0.15) is 6.04 Å². The molecular formula is C51H60ClN7O7. The molecular weight excluding hydrogens is 858 g/mol. The topological polar surface area (TPSA) is 139 Å². The maximum atomic E-state index is 14.0. The number of aromatic nitrogens is 2. The number of nitrogens with zero attached hydrogens (tertiary/aromatic N) is 6. The van der Waals surface area contributed by atoms with E-state index >= 15 is 0 Å². The molecule has 3 aliphatic rings. The molecule has 0 bridgehead atoms. The lowest BCUT2D eigenvalue weighted by Gasteiger charge is -2.38. The number of piperidine rings is 1. The van der Waals surface area contributed by atoms with Crippen LogP contribution in [-0.4, -0.2) is 102 Å². The quantitative estimate of drug-likeness (QED) is 0.0835. The summed E-state index contributed by atoms with van der Waals surface area (Å²) in [6, 6.07) is 24.2. The van der Waals surface area contributed by atoms with E-state index in [0.29, 0.717) is 41.5 Å². The Hall–Kier alpha value is -6.12. The molecule has 2 atom stereocenters. The number of ether oxygens (including phenoxy) is 2. The van der Waals surface area contributed by atoms with E-state index < -0.39 is 18.0 Å². The first-order valence-corrected chi connectivity index (χ1v) is 23.5. The first-order chi connectivity index (χ1) is 31.8. The predicted octanol–water partition coefficient (Wildman–Crippen LogP) is 6.83. The number of imidazole rings is 1. The van der Waals surface area contributed by atoms with Crippen molar-refractivity contribution in [1.82, 2.24) is 24.3 Å². The summed E-state index contributed by atoms with van der Waals surface area (Å²) >= 11 is 6.31. The van der Waals surface area contributed by atoms with Crippen molar-refractivity contribution in [2.24, 2.45) is 7.05 Å². The second-order valence-electron chi connectivity index (χ2n) is 18.0. The third kappa shape index (κ3) is 9.99. The zero-order chi connectivity index (χ0) is 46.6. The minimum Gasteiger partial charge on any atom is -0.493 e. The monoisotopic (exact) mass is 917 g/mol. The molecule has 0 aliphatic carbocycles. The van der Waals surface area contributed by atoms with Gasteiger partial charge in [0, 0.05) is 63.1 Å². The highest BCUT2D eigenvalue weighted by Crippen LogP contribution is 2.44. The first kappa shape index (κ1) is 46.4. The van der Waals surface area contributed by atoms with Crippen molar-refractivity contribution in [3.05, 3.63) is 117 Å². The maximum Gasteiger partial charge on any atom is 0.329 e. The van der Waals surface area contributed by atoms with Gasteiger partial charge < -0.3 is 24.2 Å². The van der Waals surface area contributed by atoms with E-state index in [1.54, 1.807) is 18.7 Å². The molecule has 4 amide bonds. The highest BCUT2D eigenvalue weighted by molar-refractivity contribution is 6.30. The number of hydrogen-bond donors (Lipinski definition) is 1. The predicted molar refractivity (Wildman–Crippen MR) is 257 cm³/mol. The van der Waals surface area contributed by atoms with Crippen LogP contribution < -0.4 is 30.3 Å². The number of fused-ring (bicyclic) bond motifs is 2. The van der Waals surface area contributed by atoms with Gasteiger partial charge in [0.2, 0.25) is 23.6 Å². The Bertz CT molecular complexity index is 2650. The third-order valence-corrected chi connectivity index (χ3v) is 13.4. The highest BCUT2D eigenvalue weighted by atomic mass is 35.5. The second-order valence-corrected chi connectivity index (χ2v) is 18.5. The van der Waals surface area contributed by atoms with Crippen LogP contribution in [0.25, 0.3) is 11.0 Å². The number of benzene rings is 4. The van der Waals surface area contributed by atoms with Crippen molar-refractivity contribution >= 4 is 57.6 Å². The number of aryl methyl sites for hydroxylation is 2. The Labute approximate surface area is 391 Å². The molecule has 0 radical (unpaired) electrons. The molecule has 1 aromatic heterocycles. The van der Waals surface area contributed by atoms with Gasteiger partial charge in [-0.05, 0) is 129 Å². The maximum absolute atomic E-state index is 14.0. The van der Waals surface area contributed by atoms with Crippen LogP contribution in [-0.2, 0) is 39.1 Å². The molecule has 5 aromatic rings. The van der Waals surface area contributed by atoms with E-state index in [9.17, 15) is 24.0 Å². The summed E-state index contributed by atoms with van der Waals surface area (Å²) < 4.78 is 14.9. The van der Waals surface area contributed by atoms with Crippen molar-refractivity contribution in [2.75, 3.05) is 63.2 Å². The van der Waals surface area contributed by atoms with Gasteiger partial charge in [0.05, 0.1) is 43.3 Å². The lowest BCUT2D eigenvalue weighted by molar-refractivity contribution is -0.136. The molecule has 15 heteroatoms. The standard InChI is InChI=1S/C51H60ClN7O7/c1-33(2)66-45-31-40-36(29-44(45)65-5)30-47(61)58(49(40)35-12-14-37(52)15-13-35)39-18-16-38(17-19-39)54(3)32-48(62)57-26-24-56(25-27-57)23-9-7-6-8-10-34-11-20-41-43(28-34)55(4)51(64)59(41)42-21-22-46(60)53-50(42)63/h11-20,28-29,31,33,42,49H,6-10,21-27,30,32H2,1-5H3,(H,53,60,63)/t42?,49-/m0/s1. The normalized spacial score (nSPS) is 17.9. The second kappa shape index (κ2) is 20.2. The lowest BCUT2D eigenvalue weighted by Crippen LogP contribution is -2.51. The molecule has 2 fully saturated rings. The van der Waals surface area contributed by atoms with Gasteiger partial charge in [-0.1, -0.05) is 42.6 Å². The number of methoxy groups -OCH3 is 1. The number of hydrogen-bond acceptors (Lipinski definition) is 9. The van der Waals surface area contributed by atoms with E-state index in [1.165, 1.54) is 4.57 Å². The summed E-state index contributed by atoms with van der Waals surface area (Å²) in [4.78, 5) is 73.1. The molecule has 8 rings (SSSR count). The van der Waals surface area contributed by atoms with Gasteiger partial charge in [-0.3, -0.25) is 38.5 Å². The number of halogens is 1. The Morgan fingerprint density at radius 1 is 0.864 bits per heavy atom. The van der Waals surface area contributed by atoms with E-state index in [2.05, 4.69) is 10.2 Å². The molecule has 1 N–H and O–H groups in total. The number of nitrogens with one attached hydrogen (secondary N) is 1. The number of unbranched alkanes of at least 4 members (excludes halogenated alkanes) is 3. The van der Waals surface area contributed by atoms with E-state index in [0.717, 1.165) is 90.9 Å². The van der Waals surface area contributed by atoms with Gasteiger partial charge in [0.25, 0.3) is 0 Å². The number of likely N-dealkylation sites (N-methyl/N-ethyl adjacent to an activating group) is 1. The number of amides is 4. The molecule has 66 heavy (non-hydrogen) atoms. The van der Waals surface area contributed by atoms with Crippen LogP contribution in [0.1, 0.15) is 86.7 Å². The zero-order valence-electron chi connectivity index (χ0n) is 38.6. The van der Waals surface area contributed by atoms with E-state index in [4.69, 9.17) is 21.1 Å². The van der Waals surface area contributed by atoms with Crippen LogP contribution in [0.15, 0.2) is 83.7 Å². The Kier molecular flexibility index (Phi) is 14.2. The van der Waals surface area contributed by atoms with Crippen molar-refractivity contribution in [3.8, 4) is 11.5 Å². The summed E-state index contributed by atoms with van der Waals surface area (Å²) in [6.07, 6.45) is 5.90. The van der Waals surface area contributed by atoms with Crippen LogP contribution in [0.5, 0.6) is 11.5 Å². The number of imide groups is 1. The average Bonchev–Trinajstić information content (AvgIpc) is 3.54. The molecule has 1 unspecified atom stereocenters. The van der Waals surface area contributed by atoms with Crippen LogP contribution in [0.2, 0.25) is 5.02 Å². The van der Waals surface area contributed by atoms with Gasteiger partial charge in [0.15, 0.2) is 11.5 Å². The summed E-state index contributed by atoms with van der Waals surface area (Å²) in [5.41, 5.74) is 6.79. The van der Waals surface area contributed by atoms with Gasteiger partial charge in [-0.2, -0.15) is 0 Å². The third-order valence-electron chi connectivity index (χ3n) is 13.2. The summed E-state index contributed by atoms with van der Waals surface area (Å²) in [6.45, 7) is 8.28. The minimum absolute atomic E-state index is 0.0408. The molecule has 14 nitrogen and oxygen atoms in total. The molecule has 2 saturated heterocycles. The number of carbonyl (C=O) groups is 4. The van der Waals surface area contributed by atoms with E-state index in [-0.39, 0.29) is 48.9 Å². The first-order valence-electron chi connectivity index (χ1n) is 23.1.